The van der Waals surface area contributed by atoms with Gasteiger partial charge in [0.2, 0.25) is 0 Å². The van der Waals surface area contributed by atoms with Gasteiger partial charge in [-0.3, -0.25) is 0 Å². The first-order valence-corrected chi connectivity index (χ1v) is 6.65. The van der Waals surface area contributed by atoms with Crippen LogP contribution in [0.25, 0.3) is 10.1 Å². The second kappa shape index (κ2) is 4.07. The summed E-state index contributed by atoms with van der Waals surface area (Å²) < 4.78 is 1.30. The fourth-order valence-corrected chi connectivity index (χ4v) is 3.13. The van der Waals surface area contributed by atoms with Crippen LogP contribution in [0.2, 0.25) is 0 Å². The molecule has 1 aromatic heterocycles. The molecule has 84 valence electrons. The molecule has 1 fully saturated rings. The summed E-state index contributed by atoms with van der Waals surface area (Å²) in [7, 11) is 0. The van der Waals surface area contributed by atoms with Crippen LogP contribution in [0.15, 0.2) is 24.3 Å². The Morgan fingerprint density at radius 2 is 2.25 bits per heavy atom. The zero-order valence-corrected chi connectivity index (χ0v) is 10.0. The Balaban J connectivity index is 1.79. The molecule has 16 heavy (non-hydrogen) atoms. The van der Waals surface area contributed by atoms with Crippen LogP contribution in [-0.2, 0) is 6.54 Å². The molecule has 0 aliphatic heterocycles. The first kappa shape index (κ1) is 10.1. The second-order valence-electron chi connectivity index (χ2n) is 4.48. The van der Waals surface area contributed by atoms with Crippen LogP contribution >= 0.6 is 11.3 Å². The van der Waals surface area contributed by atoms with Crippen molar-refractivity contribution in [2.24, 2.45) is 0 Å². The lowest BCUT2D eigenvalue weighted by Gasteiger charge is -2.26. The van der Waals surface area contributed by atoms with Gasteiger partial charge >= 0.3 is 0 Å². The van der Waals surface area contributed by atoms with E-state index < -0.39 is 0 Å². The van der Waals surface area contributed by atoms with E-state index in [-0.39, 0.29) is 0 Å². The molecule has 0 atom stereocenters. The Kier molecular flexibility index (Phi) is 2.58. The van der Waals surface area contributed by atoms with Crippen molar-refractivity contribution in [3.05, 3.63) is 29.1 Å². The maximum absolute atomic E-state index is 5.95. The van der Waals surface area contributed by atoms with Crippen LogP contribution in [0.4, 0.5) is 5.69 Å². The maximum Gasteiger partial charge on any atom is 0.0402 e. The van der Waals surface area contributed by atoms with Gasteiger partial charge < -0.3 is 11.1 Å². The molecule has 0 unspecified atom stereocenters. The van der Waals surface area contributed by atoms with Crippen molar-refractivity contribution in [3.63, 3.8) is 0 Å². The highest BCUT2D eigenvalue weighted by molar-refractivity contribution is 7.19. The molecule has 3 rings (SSSR count). The van der Waals surface area contributed by atoms with Gasteiger partial charge in [0.25, 0.3) is 0 Å². The van der Waals surface area contributed by atoms with E-state index in [9.17, 15) is 0 Å². The van der Waals surface area contributed by atoms with E-state index in [4.69, 9.17) is 5.73 Å². The molecule has 1 aliphatic carbocycles. The number of hydrogen-bond donors (Lipinski definition) is 2. The monoisotopic (exact) mass is 232 g/mol. The summed E-state index contributed by atoms with van der Waals surface area (Å²) >= 11 is 1.85. The minimum Gasteiger partial charge on any atom is -0.398 e. The summed E-state index contributed by atoms with van der Waals surface area (Å²) in [6.07, 6.45) is 4.07. The van der Waals surface area contributed by atoms with Crippen LogP contribution in [0, 0.1) is 0 Å². The number of thiophene rings is 1. The van der Waals surface area contributed by atoms with Gasteiger partial charge in [0.1, 0.15) is 0 Å². The molecule has 1 saturated carbocycles. The van der Waals surface area contributed by atoms with E-state index in [2.05, 4.69) is 17.4 Å². The van der Waals surface area contributed by atoms with Crippen LogP contribution in [0.1, 0.15) is 24.1 Å². The van der Waals surface area contributed by atoms with Gasteiger partial charge in [-0.15, -0.1) is 11.3 Å². The van der Waals surface area contributed by atoms with E-state index in [1.165, 1.54) is 34.2 Å². The van der Waals surface area contributed by atoms with Gasteiger partial charge in [-0.25, -0.2) is 0 Å². The molecule has 0 amide bonds. The average molecular weight is 232 g/mol. The van der Waals surface area contributed by atoms with Gasteiger partial charge in [-0.05, 0) is 31.0 Å². The van der Waals surface area contributed by atoms with E-state index in [1.807, 2.05) is 23.5 Å². The van der Waals surface area contributed by atoms with Crippen molar-refractivity contribution in [2.45, 2.75) is 31.8 Å². The molecule has 3 N–H and O–H groups in total. The Hall–Kier alpha value is -1.06. The molecular weight excluding hydrogens is 216 g/mol. The lowest BCUT2D eigenvalue weighted by Crippen LogP contribution is -2.34. The fraction of sp³-hybridized carbons (Fsp3) is 0.385. The minimum absolute atomic E-state index is 0.752. The van der Waals surface area contributed by atoms with Crippen molar-refractivity contribution in [2.75, 3.05) is 5.73 Å². The van der Waals surface area contributed by atoms with Crippen LogP contribution < -0.4 is 11.1 Å². The summed E-state index contributed by atoms with van der Waals surface area (Å²) in [5, 5.41) is 4.79. The molecule has 1 heterocycles. The number of nitrogen functional groups attached to an aromatic ring is 1. The van der Waals surface area contributed by atoms with Crippen LogP contribution in [0.5, 0.6) is 0 Å². The van der Waals surface area contributed by atoms with Gasteiger partial charge in [-0.2, -0.15) is 0 Å². The van der Waals surface area contributed by atoms with Crippen molar-refractivity contribution in [1.82, 2.24) is 5.32 Å². The minimum atomic E-state index is 0.752. The van der Waals surface area contributed by atoms with Crippen molar-refractivity contribution >= 4 is 27.1 Å². The molecule has 2 nitrogen and oxygen atoms in total. The van der Waals surface area contributed by atoms with E-state index in [1.54, 1.807) is 0 Å². The highest BCUT2D eigenvalue weighted by atomic mass is 32.1. The molecule has 0 spiro atoms. The molecular formula is C13H16N2S. The lowest BCUT2D eigenvalue weighted by atomic mass is 9.93. The van der Waals surface area contributed by atoms with Gasteiger partial charge in [-0.1, -0.05) is 12.5 Å². The number of fused-ring (bicyclic) bond motifs is 1. The average Bonchev–Trinajstić information content (AvgIpc) is 2.60. The summed E-state index contributed by atoms with van der Waals surface area (Å²) in [5.74, 6) is 0. The van der Waals surface area contributed by atoms with Crippen LogP contribution in [0.3, 0.4) is 0 Å². The summed E-state index contributed by atoms with van der Waals surface area (Å²) in [4.78, 5) is 1.39. The largest absolute Gasteiger partial charge is 0.398 e. The molecule has 1 aliphatic rings. The van der Waals surface area contributed by atoms with Gasteiger partial charge in [0.05, 0.1) is 0 Å². The molecule has 0 radical (unpaired) electrons. The Labute approximate surface area is 99.5 Å². The number of benzene rings is 1. The highest BCUT2D eigenvalue weighted by Gasteiger charge is 2.16. The Morgan fingerprint density at radius 1 is 1.38 bits per heavy atom. The third-order valence-corrected chi connectivity index (χ3v) is 4.42. The predicted molar refractivity (Wildman–Crippen MR) is 70.7 cm³/mol. The zero-order valence-electron chi connectivity index (χ0n) is 9.20. The topological polar surface area (TPSA) is 38.0 Å². The van der Waals surface area contributed by atoms with E-state index >= 15 is 0 Å². The molecule has 0 saturated heterocycles. The molecule has 2 aromatic rings. The predicted octanol–water partition coefficient (Wildman–Crippen LogP) is 3.13. The first-order valence-electron chi connectivity index (χ1n) is 5.83. The summed E-state index contributed by atoms with van der Waals surface area (Å²) in [6.45, 7) is 0.990. The van der Waals surface area contributed by atoms with E-state index in [0.29, 0.717) is 0 Å². The quantitative estimate of drug-likeness (QED) is 0.798. The highest BCUT2D eigenvalue weighted by Crippen LogP contribution is 2.30. The molecule has 1 aromatic carbocycles. The van der Waals surface area contributed by atoms with E-state index in [0.717, 1.165) is 18.3 Å². The Bertz CT molecular complexity index is 500. The van der Waals surface area contributed by atoms with Crippen molar-refractivity contribution < 1.29 is 0 Å². The number of rotatable bonds is 3. The molecule has 3 heteroatoms. The van der Waals surface area contributed by atoms with Crippen LogP contribution in [-0.4, -0.2) is 6.04 Å². The lowest BCUT2D eigenvalue weighted by molar-refractivity contribution is 0.339. The number of hydrogen-bond acceptors (Lipinski definition) is 3. The zero-order chi connectivity index (χ0) is 11.0. The smallest absolute Gasteiger partial charge is 0.0402 e. The third-order valence-electron chi connectivity index (χ3n) is 3.32. The summed E-state index contributed by atoms with van der Waals surface area (Å²) in [5.41, 5.74) is 6.84. The third kappa shape index (κ3) is 1.81. The molecule has 0 bridgehead atoms. The van der Waals surface area contributed by atoms with Gasteiger partial charge in [0.15, 0.2) is 0 Å². The second-order valence-corrected chi connectivity index (χ2v) is 5.65. The SMILES string of the molecule is Nc1cccc2sc(CNC3CCC3)cc12. The number of nitrogens with two attached hydrogens (primary N) is 1. The first-order chi connectivity index (χ1) is 7.83. The van der Waals surface area contributed by atoms with Crippen molar-refractivity contribution in [3.8, 4) is 0 Å². The number of anilines is 1. The van der Waals surface area contributed by atoms with Crippen molar-refractivity contribution in [1.29, 1.82) is 0 Å². The normalized spacial score (nSPS) is 16.5. The summed E-state index contributed by atoms with van der Waals surface area (Å²) in [6, 6.07) is 9.11. The maximum atomic E-state index is 5.95. The van der Waals surface area contributed by atoms with Gasteiger partial charge in [0, 0.05) is 33.2 Å². The standard InChI is InChI=1S/C13H16N2S/c14-12-5-2-6-13-11(12)7-10(16-13)8-15-9-3-1-4-9/h2,5-7,9,15H,1,3-4,8,14H2. The fourth-order valence-electron chi connectivity index (χ4n) is 2.08. The Morgan fingerprint density at radius 3 is 2.94 bits per heavy atom. The number of nitrogens with one attached hydrogen (secondary N) is 1.